The zero-order valence-corrected chi connectivity index (χ0v) is 22.2. The number of aliphatic imine (C=N–C) groups is 1. The number of fused-ring (bicyclic) bond motifs is 12. The zero-order chi connectivity index (χ0) is 25.7. The van der Waals surface area contributed by atoms with Crippen LogP contribution in [0.4, 0.5) is 0 Å². The van der Waals surface area contributed by atoms with E-state index in [0.717, 1.165) is 0 Å². The second kappa shape index (κ2) is 6.61. The molecular formula is C36H21N3S. The first kappa shape index (κ1) is 20.4. The van der Waals surface area contributed by atoms with Crippen molar-refractivity contribution in [1.82, 2.24) is 9.47 Å². The second-order valence-corrected chi connectivity index (χ2v) is 12.6. The minimum Gasteiger partial charge on any atom is -0.318 e. The van der Waals surface area contributed by atoms with Crippen molar-refractivity contribution in [2.45, 2.75) is 17.9 Å². The Balaban J connectivity index is 1.17. The van der Waals surface area contributed by atoms with Crippen LogP contribution in [0.1, 0.15) is 11.7 Å². The van der Waals surface area contributed by atoms with E-state index in [1.165, 1.54) is 75.2 Å². The van der Waals surface area contributed by atoms with Crippen molar-refractivity contribution in [3.8, 4) is 11.1 Å². The summed E-state index contributed by atoms with van der Waals surface area (Å²) in [5.41, 5.74) is 7.59. The summed E-state index contributed by atoms with van der Waals surface area (Å²) in [7, 11) is 0. The van der Waals surface area contributed by atoms with E-state index in [4.69, 9.17) is 4.99 Å². The molecule has 1 spiro atoms. The van der Waals surface area contributed by atoms with Crippen molar-refractivity contribution in [1.29, 1.82) is 0 Å². The predicted octanol–water partition coefficient (Wildman–Crippen LogP) is 8.91. The molecule has 4 heteroatoms. The van der Waals surface area contributed by atoms with Gasteiger partial charge in [-0.25, -0.2) is 4.90 Å². The van der Waals surface area contributed by atoms with E-state index in [9.17, 15) is 0 Å². The lowest BCUT2D eigenvalue weighted by molar-refractivity contribution is 0.425. The summed E-state index contributed by atoms with van der Waals surface area (Å²) < 4.78 is 5.36. The van der Waals surface area contributed by atoms with E-state index in [1.54, 1.807) is 0 Å². The largest absolute Gasteiger partial charge is 0.318 e. The fourth-order valence-corrected chi connectivity index (χ4v) is 9.26. The summed E-state index contributed by atoms with van der Waals surface area (Å²) in [6.07, 6.45) is 9.03. The van der Waals surface area contributed by atoms with Crippen LogP contribution in [0, 0.1) is 0 Å². The van der Waals surface area contributed by atoms with Crippen LogP contribution in [0.15, 0.2) is 120 Å². The molecule has 4 unspecified atom stereocenters. The minimum atomic E-state index is -0.246. The lowest BCUT2D eigenvalue weighted by Crippen LogP contribution is -2.26. The van der Waals surface area contributed by atoms with Crippen molar-refractivity contribution in [3.05, 3.63) is 121 Å². The average Bonchev–Trinajstić information content (AvgIpc) is 3.37. The van der Waals surface area contributed by atoms with Crippen molar-refractivity contribution in [2.24, 2.45) is 4.99 Å². The van der Waals surface area contributed by atoms with Gasteiger partial charge in [-0.2, -0.15) is 0 Å². The van der Waals surface area contributed by atoms with Gasteiger partial charge >= 0.3 is 0 Å². The lowest BCUT2D eigenvalue weighted by atomic mass is 10.00. The highest BCUT2D eigenvalue weighted by atomic mass is 32.1. The number of allylic oxidation sites excluding steroid dienone is 2. The molecule has 0 radical (unpaired) electrons. The number of benzene rings is 5. The molecular weight excluding hydrogens is 506 g/mol. The normalized spacial score (nSPS) is 25.3. The van der Waals surface area contributed by atoms with E-state index in [0.29, 0.717) is 0 Å². The number of thiophene rings is 1. The van der Waals surface area contributed by atoms with E-state index in [-0.39, 0.29) is 17.9 Å². The fraction of sp³-hybridized carbons (Fsp3) is 0.0833. The molecule has 0 amide bonds. The van der Waals surface area contributed by atoms with Crippen LogP contribution in [-0.4, -0.2) is 21.2 Å². The van der Waals surface area contributed by atoms with Crippen LogP contribution in [0.5, 0.6) is 0 Å². The van der Waals surface area contributed by atoms with E-state index < -0.39 is 0 Å². The Morgan fingerprint density at radius 3 is 2.50 bits per heavy atom. The average molecular weight is 528 g/mol. The molecule has 5 aromatic carbocycles. The SMILES string of the molecule is C1=CC2=NC34c5cccc6c7ccc8c9ccc(-c%10ccc%11ccccc%11c%10)cc9sc8c7n(c56)C3N4C2C=C1. The Morgan fingerprint density at radius 1 is 0.700 bits per heavy atom. The number of hydrogen-bond donors (Lipinski definition) is 0. The van der Waals surface area contributed by atoms with Crippen molar-refractivity contribution >= 4 is 69.8 Å². The summed E-state index contributed by atoms with van der Waals surface area (Å²) in [5, 5.41) is 7.97. The first-order valence-electron chi connectivity index (χ1n) is 14.0. The van der Waals surface area contributed by atoms with Crippen molar-refractivity contribution < 1.29 is 0 Å². The van der Waals surface area contributed by atoms with Crippen LogP contribution in [-0.2, 0) is 5.66 Å². The molecule has 1 aliphatic carbocycles. The highest BCUT2D eigenvalue weighted by Crippen LogP contribution is 2.70. The van der Waals surface area contributed by atoms with Gasteiger partial charge in [0.1, 0.15) is 6.17 Å². The van der Waals surface area contributed by atoms with Crippen LogP contribution in [0.3, 0.4) is 0 Å². The number of rotatable bonds is 1. The first-order chi connectivity index (χ1) is 19.8. The zero-order valence-electron chi connectivity index (χ0n) is 21.4. The van der Waals surface area contributed by atoms with Crippen LogP contribution >= 0.6 is 11.3 Å². The number of aromatic nitrogens is 1. The molecule has 186 valence electrons. The summed E-state index contributed by atoms with van der Waals surface area (Å²) in [4.78, 5) is 7.98. The molecule has 2 aromatic heterocycles. The predicted molar refractivity (Wildman–Crippen MR) is 167 cm³/mol. The molecule has 4 atom stereocenters. The van der Waals surface area contributed by atoms with Crippen LogP contribution in [0.2, 0.25) is 0 Å². The summed E-state index contributed by atoms with van der Waals surface area (Å²) in [6, 6.07) is 34.2. The maximum atomic E-state index is 5.37. The van der Waals surface area contributed by atoms with Gasteiger partial charge in [-0.1, -0.05) is 97.1 Å². The third-order valence-electron chi connectivity index (χ3n) is 9.67. The third-order valence-corrected chi connectivity index (χ3v) is 10.8. The molecule has 40 heavy (non-hydrogen) atoms. The maximum Gasteiger partial charge on any atom is 0.178 e. The Bertz CT molecular complexity index is 2420. The number of para-hydroxylation sites is 1. The van der Waals surface area contributed by atoms with E-state index >= 15 is 0 Å². The van der Waals surface area contributed by atoms with Gasteiger partial charge in [-0.15, -0.1) is 11.3 Å². The van der Waals surface area contributed by atoms with Crippen LogP contribution < -0.4 is 0 Å². The molecule has 1 saturated heterocycles. The van der Waals surface area contributed by atoms with Gasteiger partial charge < -0.3 is 4.57 Å². The fourth-order valence-electron chi connectivity index (χ4n) is 7.97. The Kier molecular flexibility index (Phi) is 3.37. The molecule has 1 fully saturated rings. The first-order valence-corrected chi connectivity index (χ1v) is 14.8. The van der Waals surface area contributed by atoms with Crippen molar-refractivity contribution in [2.75, 3.05) is 0 Å². The molecule has 7 aromatic rings. The highest BCUT2D eigenvalue weighted by molar-refractivity contribution is 7.26. The monoisotopic (exact) mass is 527 g/mol. The smallest absolute Gasteiger partial charge is 0.178 e. The molecule has 11 rings (SSSR count). The summed E-state index contributed by atoms with van der Waals surface area (Å²) >= 11 is 1.94. The highest BCUT2D eigenvalue weighted by Gasteiger charge is 2.75. The van der Waals surface area contributed by atoms with Crippen LogP contribution in [0.25, 0.3) is 63.9 Å². The lowest BCUT2D eigenvalue weighted by Gasteiger charge is -2.16. The maximum absolute atomic E-state index is 5.37. The Labute approximate surface area is 233 Å². The van der Waals surface area contributed by atoms with Gasteiger partial charge in [-0.3, -0.25) is 4.99 Å². The Hall–Kier alpha value is -4.51. The standard InChI is InChI=1S/C36H21N3S/c1-2-7-21-18-22(13-12-20(21)6-1)23-14-15-24-27-17-16-26-25-8-5-9-28-32(25)38(33(26)34(27)40-31(24)19-23)35-36(28)37-29-10-3-4-11-30(29)39(35)36/h1-19,30,35H. The quantitative estimate of drug-likeness (QED) is 0.195. The minimum absolute atomic E-state index is 0.246. The van der Waals surface area contributed by atoms with E-state index in [1.807, 2.05) is 11.3 Å². The summed E-state index contributed by atoms with van der Waals surface area (Å²) in [6.45, 7) is 0. The Morgan fingerprint density at radius 2 is 1.52 bits per heavy atom. The summed E-state index contributed by atoms with van der Waals surface area (Å²) in [5.74, 6) is 0. The van der Waals surface area contributed by atoms with Gasteiger partial charge in [0.2, 0.25) is 0 Å². The van der Waals surface area contributed by atoms with Gasteiger partial charge in [0.25, 0.3) is 0 Å². The molecule has 3 nitrogen and oxygen atoms in total. The van der Waals surface area contributed by atoms with E-state index in [2.05, 4.69) is 125 Å². The molecule has 0 bridgehead atoms. The second-order valence-electron chi connectivity index (χ2n) is 11.5. The van der Waals surface area contributed by atoms with Crippen molar-refractivity contribution in [3.63, 3.8) is 0 Å². The van der Waals surface area contributed by atoms with Gasteiger partial charge in [0, 0.05) is 31.8 Å². The molecule has 3 aliphatic heterocycles. The molecule has 0 saturated carbocycles. The van der Waals surface area contributed by atoms with Gasteiger partial charge in [0.15, 0.2) is 5.66 Å². The molecule has 4 aliphatic rings. The molecule has 5 heterocycles. The number of hydrogen-bond acceptors (Lipinski definition) is 3. The van der Waals surface area contributed by atoms with Gasteiger partial charge in [-0.05, 0) is 40.1 Å². The van der Waals surface area contributed by atoms with Gasteiger partial charge in [0.05, 0.1) is 27.5 Å². The number of nitrogens with zero attached hydrogens (tertiary/aromatic N) is 3. The third kappa shape index (κ3) is 2.18. The topological polar surface area (TPSA) is 20.3 Å². The molecule has 0 N–H and O–H groups in total.